The number of para-hydroxylation sites is 2. The van der Waals surface area contributed by atoms with Crippen molar-refractivity contribution < 1.29 is 14.2 Å². The first-order valence-electron chi connectivity index (χ1n) is 11.3. The number of benzene rings is 4. The lowest BCUT2D eigenvalue weighted by Crippen LogP contribution is -1.97. The van der Waals surface area contributed by atoms with E-state index in [1.54, 1.807) is 21.3 Å². The van der Waals surface area contributed by atoms with Gasteiger partial charge in [-0.2, -0.15) is 0 Å². The van der Waals surface area contributed by atoms with Crippen LogP contribution in [0.4, 0.5) is 0 Å². The van der Waals surface area contributed by atoms with Gasteiger partial charge < -0.3 is 19.2 Å². The summed E-state index contributed by atoms with van der Waals surface area (Å²) in [6, 6.07) is 27.3. The summed E-state index contributed by atoms with van der Waals surface area (Å²) in [6.07, 6.45) is 0. The summed E-state index contributed by atoms with van der Waals surface area (Å²) in [5, 5.41) is 1.46. The van der Waals surface area contributed by atoms with E-state index in [1.165, 1.54) is 0 Å². The third-order valence-electron chi connectivity index (χ3n) is 5.83. The number of methoxy groups -OCH3 is 3. The van der Waals surface area contributed by atoms with Crippen LogP contribution >= 0.6 is 11.6 Å². The molecule has 0 atom stereocenters. The van der Waals surface area contributed by atoms with E-state index in [2.05, 4.69) is 17.1 Å². The van der Waals surface area contributed by atoms with E-state index in [1.807, 2.05) is 72.8 Å². The SMILES string of the molecule is COc1cc(-c2nc3ccccc3[nH]c(-c3ccccc3)c3cc(Cl)ccc3n2)cc(OC)c1OC. The summed E-state index contributed by atoms with van der Waals surface area (Å²) < 4.78 is 16.7. The quantitative estimate of drug-likeness (QED) is 0.277. The Labute approximate surface area is 213 Å². The Bertz CT molecular complexity index is 1590. The van der Waals surface area contributed by atoms with E-state index >= 15 is 0 Å². The van der Waals surface area contributed by atoms with Gasteiger partial charge in [0.15, 0.2) is 17.3 Å². The van der Waals surface area contributed by atoms with Crippen LogP contribution in [0.3, 0.4) is 0 Å². The number of hydrogen-bond acceptors (Lipinski definition) is 5. The Morgan fingerprint density at radius 2 is 1.33 bits per heavy atom. The average Bonchev–Trinajstić information content (AvgIpc) is 2.99. The van der Waals surface area contributed by atoms with Crippen molar-refractivity contribution in [1.29, 1.82) is 0 Å². The first-order valence-corrected chi connectivity index (χ1v) is 11.7. The second-order valence-electron chi connectivity index (χ2n) is 8.01. The minimum absolute atomic E-state index is 0.487. The van der Waals surface area contributed by atoms with E-state index in [-0.39, 0.29) is 0 Å². The molecule has 0 aliphatic carbocycles. The minimum Gasteiger partial charge on any atom is -0.493 e. The molecule has 0 unspecified atom stereocenters. The molecule has 0 fully saturated rings. The van der Waals surface area contributed by atoms with Crippen molar-refractivity contribution in [3.05, 3.63) is 90.0 Å². The topological polar surface area (TPSA) is 69.3 Å². The standard InChI is InChI=1S/C29H24ClN3O3/c1-34-25-15-19(16-26(35-2)28(25)36-3)29-32-22-14-13-20(30)17-21(22)27(18-9-5-4-6-10-18)31-23-11-7-8-12-24(23)33-29/h4-17,31H,1-3H3. The molecule has 4 aromatic carbocycles. The van der Waals surface area contributed by atoms with Gasteiger partial charge in [0.1, 0.15) is 0 Å². The molecule has 0 saturated heterocycles. The van der Waals surface area contributed by atoms with Crippen LogP contribution in [0.2, 0.25) is 5.02 Å². The molecule has 0 aliphatic rings. The summed E-state index contributed by atoms with van der Waals surface area (Å²) in [7, 11) is 4.74. The smallest absolute Gasteiger partial charge is 0.203 e. The van der Waals surface area contributed by atoms with Crippen molar-refractivity contribution in [2.75, 3.05) is 21.3 Å². The zero-order valence-electron chi connectivity index (χ0n) is 20.1. The van der Waals surface area contributed by atoms with Crippen molar-refractivity contribution >= 4 is 33.5 Å². The van der Waals surface area contributed by atoms with Crippen LogP contribution in [-0.4, -0.2) is 36.3 Å². The molecule has 0 aliphatic heterocycles. The van der Waals surface area contributed by atoms with Crippen molar-refractivity contribution in [3.8, 4) is 39.9 Å². The molecular weight excluding hydrogens is 474 g/mol. The second kappa shape index (κ2) is 10.1. The highest BCUT2D eigenvalue weighted by Gasteiger charge is 2.16. The summed E-state index contributed by atoms with van der Waals surface area (Å²) >= 11 is 6.47. The van der Waals surface area contributed by atoms with Gasteiger partial charge in [0.05, 0.1) is 43.6 Å². The number of halogens is 1. The van der Waals surface area contributed by atoms with Gasteiger partial charge >= 0.3 is 0 Å². The van der Waals surface area contributed by atoms with E-state index < -0.39 is 0 Å². The molecule has 0 radical (unpaired) electrons. The molecule has 0 spiro atoms. The first kappa shape index (κ1) is 23.5. The number of nitrogens with one attached hydrogen (secondary N) is 1. The lowest BCUT2D eigenvalue weighted by atomic mass is 10.1. The molecule has 7 heteroatoms. The number of fused-ring (bicyclic) bond motifs is 2. The van der Waals surface area contributed by atoms with Crippen LogP contribution in [0.15, 0.2) is 84.9 Å². The fourth-order valence-electron chi connectivity index (χ4n) is 4.11. The van der Waals surface area contributed by atoms with Gasteiger partial charge in [-0.1, -0.05) is 54.1 Å². The Morgan fingerprint density at radius 3 is 2.03 bits per heavy atom. The third-order valence-corrected chi connectivity index (χ3v) is 6.06. The normalized spacial score (nSPS) is 10.8. The molecule has 6 nitrogen and oxygen atoms in total. The molecule has 36 heavy (non-hydrogen) atoms. The zero-order chi connectivity index (χ0) is 25.1. The van der Waals surface area contributed by atoms with Crippen molar-refractivity contribution in [1.82, 2.24) is 15.0 Å². The maximum absolute atomic E-state index is 6.47. The highest BCUT2D eigenvalue weighted by Crippen LogP contribution is 2.40. The average molecular weight is 498 g/mol. The third kappa shape index (κ3) is 4.51. The summed E-state index contributed by atoms with van der Waals surface area (Å²) in [4.78, 5) is 13.6. The van der Waals surface area contributed by atoms with Gasteiger partial charge in [0.25, 0.3) is 0 Å². The number of H-pyrrole nitrogens is 1. The van der Waals surface area contributed by atoms with Gasteiger partial charge in [0, 0.05) is 16.0 Å². The van der Waals surface area contributed by atoms with Gasteiger partial charge in [-0.15, -0.1) is 0 Å². The van der Waals surface area contributed by atoms with E-state index in [4.69, 9.17) is 35.8 Å². The van der Waals surface area contributed by atoms with Crippen LogP contribution in [0.1, 0.15) is 0 Å². The highest BCUT2D eigenvalue weighted by molar-refractivity contribution is 6.31. The van der Waals surface area contributed by atoms with Crippen LogP contribution in [0.25, 0.3) is 44.6 Å². The summed E-state index contributed by atoms with van der Waals surface area (Å²) in [5.41, 5.74) is 4.88. The Balaban J connectivity index is 1.95. The summed E-state index contributed by atoms with van der Waals surface area (Å²) in [6.45, 7) is 0. The van der Waals surface area contributed by atoms with Gasteiger partial charge in [-0.25, -0.2) is 9.97 Å². The molecular formula is C29H24ClN3O3. The molecule has 5 aromatic rings. The molecule has 1 aromatic heterocycles. The van der Waals surface area contributed by atoms with Crippen LogP contribution in [0, 0.1) is 0 Å². The molecule has 1 heterocycles. The molecule has 0 amide bonds. The maximum Gasteiger partial charge on any atom is 0.203 e. The van der Waals surface area contributed by atoms with Crippen LogP contribution < -0.4 is 14.2 Å². The van der Waals surface area contributed by atoms with E-state index in [0.29, 0.717) is 39.2 Å². The Morgan fingerprint density at radius 1 is 0.667 bits per heavy atom. The maximum atomic E-state index is 6.47. The Hall–Kier alpha value is -4.29. The van der Waals surface area contributed by atoms with Crippen LogP contribution in [0.5, 0.6) is 17.2 Å². The lowest BCUT2D eigenvalue weighted by Gasteiger charge is -2.13. The Kier molecular flexibility index (Phi) is 6.60. The first-order chi connectivity index (χ1) is 17.6. The number of aromatic nitrogens is 3. The molecule has 0 bridgehead atoms. The lowest BCUT2D eigenvalue weighted by molar-refractivity contribution is 0.324. The molecule has 1 N–H and O–H groups in total. The predicted molar refractivity (Wildman–Crippen MR) is 145 cm³/mol. The highest BCUT2D eigenvalue weighted by atomic mass is 35.5. The number of nitrogens with zero attached hydrogens (tertiary/aromatic N) is 2. The van der Waals surface area contributed by atoms with E-state index in [9.17, 15) is 0 Å². The van der Waals surface area contributed by atoms with Crippen molar-refractivity contribution in [3.63, 3.8) is 0 Å². The molecule has 0 saturated carbocycles. The number of hydrogen-bond donors (Lipinski definition) is 1. The van der Waals surface area contributed by atoms with Crippen molar-refractivity contribution in [2.45, 2.75) is 0 Å². The predicted octanol–water partition coefficient (Wildman–Crippen LogP) is 7.25. The number of aromatic amines is 1. The number of ether oxygens (including phenoxy) is 3. The fourth-order valence-corrected chi connectivity index (χ4v) is 4.28. The van der Waals surface area contributed by atoms with Gasteiger partial charge in [-0.3, -0.25) is 0 Å². The monoisotopic (exact) mass is 497 g/mol. The zero-order valence-corrected chi connectivity index (χ0v) is 20.8. The molecule has 5 rings (SSSR count). The van der Waals surface area contributed by atoms with Gasteiger partial charge in [-0.05, 0) is 48.0 Å². The van der Waals surface area contributed by atoms with Crippen molar-refractivity contribution in [2.24, 2.45) is 0 Å². The van der Waals surface area contributed by atoms with Gasteiger partial charge in [0.2, 0.25) is 5.75 Å². The number of rotatable bonds is 5. The van der Waals surface area contributed by atoms with E-state index in [0.717, 1.165) is 27.7 Å². The molecule has 180 valence electrons. The second-order valence-corrected chi connectivity index (χ2v) is 8.44. The minimum atomic E-state index is 0.487. The fraction of sp³-hybridized carbons (Fsp3) is 0.103. The summed E-state index contributed by atoms with van der Waals surface area (Å²) in [5.74, 6) is 2.02. The largest absolute Gasteiger partial charge is 0.493 e. The van der Waals surface area contributed by atoms with Crippen LogP contribution in [-0.2, 0) is 0 Å².